The van der Waals surface area contributed by atoms with Crippen molar-refractivity contribution >= 4 is 33.2 Å². The first kappa shape index (κ1) is 19.8. The maximum atomic E-state index is 12.4. The monoisotopic (exact) mass is 426 g/mol. The van der Waals surface area contributed by atoms with E-state index in [1.165, 1.54) is 4.88 Å². The van der Waals surface area contributed by atoms with Crippen LogP contribution in [0.2, 0.25) is 0 Å². The second-order valence-electron chi connectivity index (χ2n) is 5.78. The SMILES string of the molecule is COc1ccc(OC)c(C(C)NC(=O)CN(C)Cc2ccc(Br)s2)c1. The molecule has 0 radical (unpaired) electrons. The molecule has 7 heteroatoms. The van der Waals surface area contributed by atoms with Crippen LogP contribution in [0.15, 0.2) is 34.1 Å². The maximum absolute atomic E-state index is 12.4. The van der Waals surface area contributed by atoms with E-state index in [9.17, 15) is 4.79 Å². The first-order chi connectivity index (χ1) is 11.9. The molecule has 1 N–H and O–H groups in total. The highest BCUT2D eigenvalue weighted by Crippen LogP contribution is 2.29. The molecule has 0 spiro atoms. The van der Waals surface area contributed by atoms with Crippen LogP contribution in [0.3, 0.4) is 0 Å². The van der Waals surface area contributed by atoms with Crippen molar-refractivity contribution in [3.05, 3.63) is 44.6 Å². The summed E-state index contributed by atoms with van der Waals surface area (Å²) in [5.41, 5.74) is 0.889. The molecule has 0 aliphatic heterocycles. The summed E-state index contributed by atoms with van der Waals surface area (Å²) in [4.78, 5) is 15.6. The Morgan fingerprint density at radius 2 is 2.04 bits per heavy atom. The number of hydrogen-bond donors (Lipinski definition) is 1. The summed E-state index contributed by atoms with van der Waals surface area (Å²) in [5.74, 6) is 1.43. The molecule has 25 heavy (non-hydrogen) atoms. The average Bonchev–Trinajstić information content (AvgIpc) is 2.98. The van der Waals surface area contributed by atoms with Gasteiger partial charge >= 0.3 is 0 Å². The zero-order valence-corrected chi connectivity index (χ0v) is 17.2. The standard InChI is InChI=1S/C18H23BrN2O3S/c1-12(15-9-13(23-3)5-7-16(15)24-4)20-18(22)11-21(2)10-14-6-8-17(19)25-14/h5-9,12H,10-11H2,1-4H3,(H,20,22). The minimum atomic E-state index is -0.179. The number of halogens is 1. The van der Waals surface area contributed by atoms with E-state index in [0.29, 0.717) is 6.54 Å². The zero-order valence-electron chi connectivity index (χ0n) is 14.8. The zero-order chi connectivity index (χ0) is 18.4. The number of nitrogens with zero attached hydrogens (tertiary/aromatic N) is 1. The molecular formula is C18H23BrN2O3S. The fraction of sp³-hybridized carbons (Fsp3) is 0.389. The quantitative estimate of drug-likeness (QED) is 0.696. The van der Waals surface area contributed by atoms with Crippen LogP contribution in [-0.2, 0) is 11.3 Å². The van der Waals surface area contributed by atoms with E-state index in [4.69, 9.17) is 9.47 Å². The molecule has 1 amide bonds. The number of hydrogen-bond acceptors (Lipinski definition) is 5. The van der Waals surface area contributed by atoms with Gasteiger partial charge in [0.1, 0.15) is 11.5 Å². The lowest BCUT2D eigenvalue weighted by Crippen LogP contribution is -2.36. The Balaban J connectivity index is 1.95. The first-order valence-corrected chi connectivity index (χ1v) is 9.48. The minimum Gasteiger partial charge on any atom is -0.497 e. The molecule has 1 heterocycles. The van der Waals surface area contributed by atoms with Crippen LogP contribution in [-0.4, -0.2) is 38.6 Å². The summed E-state index contributed by atoms with van der Waals surface area (Å²) in [6.45, 7) is 3.00. The van der Waals surface area contributed by atoms with Gasteiger partial charge in [0.2, 0.25) is 5.91 Å². The highest BCUT2D eigenvalue weighted by Gasteiger charge is 2.16. The highest BCUT2D eigenvalue weighted by atomic mass is 79.9. The van der Waals surface area contributed by atoms with Crippen molar-refractivity contribution in [2.45, 2.75) is 19.5 Å². The number of thiophene rings is 1. The van der Waals surface area contributed by atoms with Gasteiger partial charge in [-0.05, 0) is 60.2 Å². The van der Waals surface area contributed by atoms with Crippen LogP contribution in [0.4, 0.5) is 0 Å². The van der Waals surface area contributed by atoms with E-state index in [0.717, 1.165) is 27.4 Å². The van der Waals surface area contributed by atoms with Gasteiger partial charge in [-0.3, -0.25) is 9.69 Å². The molecule has 1 unspecified atom stereocenters. The van der Waals surface area contributed by atoms with Crippen molar-refractivity contribution in [3.8, 4) is 11.5 Å². The molecule has 0 fully saturated rings. The van der Waals surface area contributed by atoms with Crippen LogP contribution in [0, 0.1) is 0 Å². The Kier molecular flexibility index (Phi) is 7.28. The third-order valence-corrected chi connectivity index (χ3v) is 5.36. The van der Waals surface area contributed by atoms with Crippen LogP contribution in [0.5, 0.6) is 11.5 Å². The maximum Gasteiger partial charge on any atom is 0.234 e. The Hall–Kier alpha value is -1.57. The number of rotatable bonds is 8. The number of benzene rings is 1. The van der Waals surface area contributed by atoms with Crippen molar-refractivity contribution in [1.29, 1.82) is 0 Å². The van der Waals surface area contributed by atoms with Gasteiger partial charge in [0.05, 0.1) is 30.6 Å². The number of likely N-dealkylation sites (N-methyl/N-ethyl adjacent to an activating group) is 1. The summed E-state index contributed by atoms with van der Waals surface area (Å²) < 4.78 is 11.7. The van der Waals surface area contributed by atoms with Gasteiger partial charge in [0.25, 0.3) is 0 Å². The summed E-state index contributed by atoms with van der Waals surface area (Å²) in [5, 5.41) is 3.02. The Morgan fingerprint density at radius 3 is 2.64 bits per heavy atom. The van der Waals surface area contributed by atoms with Gasteiger partial charge in [0, 0.05) is 17.0 Å². The molecule has 136 valence electrons. The molecule has 0 saturated carbocycles. The van der Waals surface area contributed by atoms with Crippen molar-refractivity contribution in [1.82, 2.24) is 10.2 Å². The van der Waals surface area contributed by atoms with Crippen molar-refractivity contribution < 1.29 is 14.3 Å². The van der Waals surface area contributed by atoms with E-state index in [-0.39, 0.29) is 11.9 Å². The van der Waals surface area contributed by atoms with Crippen LogP contribution in [0.25, 0.3) is 0 Å². The second-order valence-corrected chi connectivity index (χ2v) is 8.32. The van der Waals surface area contributed by atoms with Gasteiger partial charge in [-0.25, -0.2) is 0 Å². The molecule has 2 rings (SSSR count). The van der Waals surface area contributed by atoms with Crippen LogP contribution < -0.4 is 14.8 Å². The molecule has 0 aliphatic rings. The van der Waals surface area contributed by atoms with E-state index < -0.39 is 0 Å². The lowest BCUT2D eigenvalue weighted by atomic mass is 10.1. The van der Waals surface area contributed by atoms with E-state index in [1.54, 1.807) is 25.6 Å². The Morgan fingerprint density at radius 1 is 1.28 bits per heavy atom. The van der Waals surface area contributed by atoms with Crippen LogP contribution in [0.1, 0.15) is 23.4 Å². The number of carbonyl (C=O) groups is 1. The fourth-order valence-electron chi connectivity index (χ4n) is 2.55. The highest BCUT2D eigenvalue weighted by molar-refractivity contribution is 9.11. The minimum absolute atomic E-state index is 0.0319. The van der Waals surface area contributed by atoms with Gasteiger partial charge in [-0.2, -0.15) is 0 Å². The van der Waals surface area contributed by atoms with Crippen molar-refractivity contribution in [3.63, 3.8) is 0 Å². The number of nitrogens with one attached hydrogen (secondary N) is 1. The molecular weight excluding hydrogens is 404 g/mol. The topological polar surface area (TPSA) is 50.8 Å². The lowest BCUT2D eigenvalue weighted by molar-refractivity contribution is -0.122. The van der Waals surface area contributed by atoms with Crippen LogP contribution >= 0.6 is 27.3 Å². The third-order valence-electron chi connectivity index (χ3n) is 3.75. The van der Waals surface area contributed by atoms with E-state index in [2.05, 4.69) is 27.3 Å². The number of carbonyl (C=O) groups excluding carboxylic acids is 1. The largest absolute Gasteiger partial charge is 0.497 e. The summed E-state index contributed by atoms with van der Waals surface area (Å²) in [6.07, 6.45) is 0. The molecule has 5 nitrogen and oxygen atoms in total. The van der Waals surface area contributed by atoms with Gasteiger partial charge < -0.3 is 14.8 Å². The predicted molar refractivity (Wildman–Crippen MR) is 104 cm³/mol. The normalized spacial score (nSPS) is 12.1. The average molecular weight is 427 g/mol. The second kappa shape index (κ2) is 9.22. The number of amides is 1. The smallest absolute Gasteiger partial charge is 0.234 e. The molecule has 1 atom stereocenters. The van der Waals surface area contributed by atoms with E-state index in [1.807, 2.05) is 43.1 Å². The van der Waals surface area contributed by atoms with Gasteiger partial charge in [-0.1, -0.05) is 0 Å². The molecule has 0 saturated heterocycles. The Labute approximate surface area is 161 Å². The molecule has 2 aromatic rings. The molecule has 1 aromatic carbocycles. The van der Waals surface area contributed by atoms with Gasteiger partial charge in [-0.15, -0.1) is 11.3 Å². The summed E-state index contributed by atoms with van der Waals surface area (Å²) in [6, 6.07) is 9.47. The predicted octanol–water partition coefficient (Wildman–Crippen LogP) is 3.84. The molecule has 0 bridgehead atoms. The molecule has 1 aromatic heterocycles. The van der Waals surface area contributed by atoms with Crippen molar-refractivity contribution in [2.24, 2.45) is 0 Å². The summed E-state index contributed by atoms with van der Waals surface area (Å²) in [7, 11) is 5.17. The van der Waals surface area contributed by atoms with Gasteiger partial charge in [0.15, 0.2) is 0 Å². The Bertz CT molecular complexity index is 720. The third kappa shape index (κ3) is 5.73. The number of ether oxygens (including phenoxy) is 2. The van der Waals surface area contributed by atoms with E-state index >= 15 is 0 Å². The van der Waals surface area contributed by atoms with Crippen molar-refractivity contribution in [2.75, 3.05) is 27.8 Å². The molecule has 0 aliphatic carbocycles. The number of methoxy groups -OCH3 is 2. The first-order valence-electron chi connectivity index (χ1n) is 7.87. The lowest BCUT2D eigenvalue weighted by Gasteiger charge is -2.20. The fourth-order valence-corrected chi connectivity index (χ4v) is 4.11. The summed E-state index contributed by atoms with van der Waals surface area (Å²) >= 11 is 5.13.